The highest BCUT2D eigenvalue weighted by Gasteiger charge is 2.37. The van der Waals surface area contributed by atoms with Crippen LogP contribution >= 0.6 is 0 Å². The summed E-state index contributed by atoms with van der Waals surface area (Å²) >= 11 is 0. The van der Waals surface area contributed by atoms with Gasteiger partial charge in [-0.2, -0.15) is 0 Å². The van der Waals surface area contributed by atoms with Gasteiger partial charge in [0, 0.05) is 31.0 Å². The van der Waals surface area contributed by atoms with Gasteiger partial charge in [0.1, 0.15) is 0 Å². The maximum atomic E-state index is 12.1. The molecule has 158 valence electrons. The number of nitrogens with one attached hydrogen (secondary N) is 1. The Hall–Kier alpha value is -3.19. The molecule has 3 aromatic rings. The number of aryl methyl sites for hydroxylation is 1. The van der Waals surface area contributed by atoms with Gasteiger partial charge >= 0.3 is 5.97 Å². The predicted octanol–water partition coefficient (Wildman–Crippen LogP) is 3.24. The Morgan fingerprint density at radius 3 is 2.74 bits per heavy atom. The average molecular weight is 415 g/mol. The molecule has 2 aliphatic carbocycles. The van der Waals surface area contributed by atoms with Gasteiger partial charge in [-0.1, -0.05) is 24.3 Å². The molecule has 0 radical (unpaired) electrons. The molecule has 7 heteroatoms. The number of rotatable bonds is 4. The summed E-state index contributed by atoms with van der Waals surface area (Å²) in [6.45, 7) is 1.65. The zero-order valence-electron chi connectivity index (χ0n) is 17.3. The van der Waals surface area contributed by atoms with E-state index in [1.807, 2.05) is 6.20 Å². The van der Waals surface area contributed by atoms with Crippen molar-refractivity contribution in [1.29, 1.82) is 0 Å². The number of carbonyl (C=O) groups is 1. The maximum absolute atomic E-state index is 12.1. The number of aromatic nitrogens is 3. The van der Waals surface area contributed by atoms with Crippen molar-refractivity contribution >= 4 is 11.9 Å². The molecule has 1 aliphatic heterocycles. The van der Waals surface area contributed by atoms with Gasteiger partial charge in [-0.05, 0) is 60.3 Å². The Morgan fingerprint density at radius 2 is 1.97 bits per heavy atom. The van der Waals surface area contributed by atoms with Crippen LogP contribution in [0, 0.1) is 5.92 Å². The standard InChI is InChI=1S/C24H25N5O2/c25-19(14-5-6-14)22-18(23(30)31)17-8-7-15-11-26-24(28-20(15)21(17)27-22)29-10-9-13-3-1-2-4-16(13)12-29/h1-4,11,14,19,27H,5-10,12,25H2,(H,30,31). The highest BCUT2D eigenvalue weighted by atomic mass is 16.4. The Labute approximate surface area is 180 Å². The SMILES string of the molecule is NC(c1[nH]c2c(c1C(=O)O)CCc1cnc(N3CCc4ccccc4C3)nc1-2)C1CC1. The van der Waals surface area contributed by atoms with E-state index in [1.54, 1.807) is 0 Å². The number of carboxylic acids is 1. The molecular formula is C24H25N5O2. The van der Waals surface area contributed by atoms with E-state index in [-0.39, 0.29) is 6.04 Å². The highest BCUT2D eigenvalue weighted by Crippen LogP contribution is 2.44. The monoisotopic (exact) mass is 415 g/mol. The molecular weight excluding hydrogens is 390 g/mol. The van der Waals surface area contributed by atoms with Crippen LogP contribution in [-0.4, -0.2) is 32.6 Å². The lowest BCUT2D eigenvalue weighted by molar-refractivity contribution is 0.0694. The van der Waals surface area contributed by atoms with Crippen LogP contribution in [0.15, 0.2) is 30.5 Å². The molecule has 4 N–H and O–H groups in total. The zero-order valence-corrected chi connectivity index (χ0v) is 17.3. The summed E-state index contributed by atoms with van der Waals surface area (Å²) in [5, 5.41) is 9.94. The van der Waals surface area contributed by atoms with Crippen LogP contribution in [0.1, 0.15) is 57.2 Å². The lowest BCUT2D eigenvalue weighted by atomic mass is 9.91. The van der Waals surface area contributed by atoms with Gasteiger partial charge in [0.15, 0.2) is 0 Å². The Morgan fingerprint density at radius 1 is 1.16 bits per heavy atom. The third-order valence-electron chi connectivity index (χ3n) is 6.96. The van der Waals surface area contributed by atoms with Gasteiger partial charge < -0.3 is 20.7 Å². The number of hydrogen-bond acceptors (Lipinski definition) is 5. The number of hydrogen-bond donors (Lipinski definition) is 3. The van der Waals surface area contributed by atoms with Gasteiger partial charge in [0.2, 0.25) is 5.95 Å². The molecule has 3 aliphatic rings. The fraction of sp³-hybridized carbons (Fsp3) is 0.375. The summed E-state index contributed by atoms with van der Waals surface area (Å²) in [6.07, 6.45) is 6.39. The van der Waals surface area contributed by atoms with E-state index in [1.165, 1.54) is 11.1 Å². The van der Waals surface area contributed by atoms with E-state index in [4.69, 9.17) is 10.7 Å². The van der Waals surface area contributed by atoms with Crippen LogP contribution in [0.4, 0.5) is 5.95 Å². The maximum Gasteiger partial charge on any atom is 0.337 e. The van der Waals surface area contributed by atoms with Gasteiger partial charge in [0.05, 0.1) is 17.0 Å². The van der Waals surface area contributed by atoms with E-state index in [0.717, 1.165) is 61.3 Å². The van der Waals surface area contributed by atoms with Crippen LogP contribution in [0.25, 0.3) is 11.4 Å². The normalized spacial score (nSPS) is 18.2. The molecule has 0 spiro atoms. The predicted molar refractivity (Wildman–Crippen MR) is 117 cm³/mol. The van der Waals surface area contributed by atoms with E-state index >= 15 is 0 Å². The second-order valence-electron chi connectivity index (χ2n) is 8.92. The smallest absolute Gasteiger partial charge is 0.337 e. The van der Waals surface area contributed by atoms with Crippen LogP contribution in [0.5, 0.6) is 0 Å². The Balaban J connectivity index is 1.41. The fourth-order valence-electron chi connectivity index (χ4n) is 5.07. The number of fused-ring (bicyclic) bond motifs is 4. The molecule has 7 nitrogen and oxygen atoms in total. The van der Waals surface area contributed by atoms with Crippen LogP contribution < -0.4 is 10.6 Å². The summed E-state index contributed by atoms with van der Waals surface area (Å²) in [5.74, 6) is 0.154. The van der Waals surface area contributed by atoms with Crippen molar-refractivity contribution in [3.63, 3.8) is 0 Å². The first kappa shape index (κ1) is 18.6. The number of benzene rings is 1. The summed E-state index contributed by atoms with van der Waals surface area (Å²) in [6, 6.07) is 8.23. The van der Waals surface area contributed by atoms with E-state index in [0.29, 0.717) is 29.5 Å². The van der Waals surface area contributed by atoms with Crippen molar-refractivity contribution in [3.8, 4) is 11.4 Å². The highest BCUT2D eigenvalue weighted by molar-refractivity contribution is 5.94. The number of carboxylic acid groups (broad SMARTS) is 1. The lowest BCUT2D eigenvalue weighted by Gasteiger charge is -2.29. The first-order chi connectivity index (χ1) is 15.1. The fourth-order valence-corrected chi connectivity index (χ4v) is 5.07. The molecule has 1 unspecified atom stereocenters. The van der Waals surface area contributed by atoms with Crippen molar-refractivity contribution < 1.29 is 9.90 Å². The molecule has 0 amide bonds. The minimum atomic E-state index is -0.908. The Kier molecular flexibility index (Phi) is 4.14. The van der Waals surface area contributed by atoms with Gasteiger partial charge in [-0.3, -0.25) is 0 Å². The van der Waals surface area contributed by atoms with E-state index in [2.05, 4.69) is 39.1 Å². The number of aromatic amines is 1. The third-order valence-corrected chi connectivity index (χ3v) is 6.96. The van der Waals surface area contributed by atoms with Crippen molar-refractivity contribution in [2.24, 2.45) is 11.7 Å². The summed E-state index contributed by atoms with van der Waals surface area (Å²) in [5.41, 5.74) is 13.6. The molecule has 1 saturated carbocycles. The second kappa shape index (κ2) is 6.92. The minimum Gasteiger partial charge on any atom is -0.478 e. The first-order valence-corrected chi connectivity index (χ1v) is 11.0. The summed E-state index contributed by atoms with van der Waals surface area (Å²) < 4.78 is 0. The lowest BCUT2D eigenvalue weighted by Crippen LogP contribution is -2.32. The Bertz CT molecular complexity index is 1200. The van der Waals surface area contributed by atoms with Gasteiger partial charge in [-0.15, -0.1) is 0 Å². The molecule has 2 aromatic heterocycles. The molecule has 0 saturated heterocycles. The van der Waals surface area contributed by atoms with Gasteiger partial charge in [-0.25, -0.2) is 14.8 Å². The van der Waals surface area contributed by atoms with Gasteiger partial charge in [0.25, 0.3) is 0 Å². The van der Waals surface area contributed by atoms with Crippen molar-refractivity contribution in [1.82, 2.24) is 15.0 Å². The van der Waals surface area contributed by atoms with E-state index in [9.17, 15) is 9.90 Å². The number of H-pyrrole nitrogens is 1. The van der Waals surface area contributed by atoms with Crippen molar-refractivity contribution in [2.75, 3.05) is 11.4 Å². The molecule has 1 aromatic carbocycles. The quantitative estimate of drug-likeness (QED) is 0.604. The molecule has 3 heterocycles. The van der Waals surface area contributed by atoms with Crippen LogP contribution in [0.3, 0.4) is 0 Å². The van der Waals surface area contributed by atoms with Crippen LogP contribution in [0.2, 0.25) is 0 Å². The summed E-state index contributed by atoms with van der Waals surface area (Å²) in [7, 11) is 0. The minimum absolute atomic E-state index is 0.264. The number of anilines is 1. The molecule has 0 bridgehead atoms. The number of nitrogens with zero attached hydrogens (tertiary/aromatic N) is 3. The van der Waals surface area contributed by atoms with Crippen molar-refractivity contribution in [2.45, 2.75) is 44.7 Å². The average Bonchev–Trinajstić information content (AvgIpc) is 3.56. The largest absolute Gasteiger partial charge is 0.478 e. The molecule has 1 fully saturated rings. The van der Waals surface area contributed by atoms with Crippen LogP contribution in [-0.2, 0) is 25.8 Å². The number of aromatic carboxylic acids is 1. The molecule has 31 heavy (non-hydrogen) atoms. The topological polar surface area (TPSA) is 108 Å². The second-order valence-corrected chi connectivity index (χ2v) is 8.92. The summed E-state index contributed by atoms with van der Waals surface area (Å²) in [4.78, 5) is 27.3. The first-order valence-electron chi connectivity index (χ1n) is 11.0. The van der Waals surface area contributed by atoms with Crippen molar-refractivity contribution in [3.05, 3.63) is 64.0 Å². The molecule has 6 rings (SSSR count). The molecule has 1 atom stereocenters. The zero-order chi connectivity index (χ0) is 21.1. The third kappa shape index (κ3) is 3.03. The van der Waals surface area contributed by atoms with E-state index < -0.39 is 5.97 Å². The number of nitrogens with two attached hydrogens (primary N) is 1.